The van der Waals surface area contributed by atoms with Gasteiger partial charge in [-0.1, -0.05) is 161 Å². The second-order valence-electron chi connectivity index (χ2n) is 14.1. The maximum Gasteiger partial charge on any atom is 0.472 e. The highest BCUT2D eigenvalue weighted by Gasteiger charge is 2.27. The molecule has 0 aliphatic carbocycles. The molecule has 4 N–H and O–H groups in total. The number of aliphatic carboxylic acids is 1. The van der Waals surface area contributed by atoms with E-state index in [2.05, 4.69) is 26.0 Å². The Morgan fingerprint density at radius 2 is 1.02 bits per heavy atom. The zero-order valence-corrected chi connectivity index (χ0v) is 33.6. The largest absolute Gasteiger partial charge is 0.480 e. The molecule has 0 aromatic carbocycles. The van der Waals surface area contributed by atoms with Crippen molar-refractivity contribution in [2.24, 2.45) is 5.73 Å². The normalized spacial score (nSPS) is 14.1. The first-order chi connectivity index (χ1) is 24.7. The number of carboxylic acids is 1. The number of unbranched alkanes of at least 4 members (excludes halogenated alkanes) is 24. The quantitative estimate of drug-likeness (QED) is 0.0239. The molecule has 0 spiro atoms. The van der Waals surface area contributed by atoms with Crippen LogP contribution in [0.4, 0.5) is 0 Å². The lowest BCUT2D eigenvalue weighted by Gasteiger charge is -2.20. The fourth-order valence-electron chi connectivity index (χ4n) is 5.77. The maximum atomic E-state index is 12.6. The van der Waals surface area contributed by atoms with Crippen LogP contribution in [0.5, 0.6) is 0 Å². The Morgan fingerprint density at radius 1 is 0.608 bits per heavy atom. The lowest BCUT2D eigenvalue weighted by atomic mass is 10.0. The summed E-state index contributed by atoms with van der Waals surface area (Å²) >= 11 is 0. The molecule has 3 unspecified atom stereocenters. The van der Waals surface area contributed by atoms with E-state index in [1.54, 1.807) is 0 Å². The molecule has 3 atom stereocenters. The third kappa shape index (κ3) is 36.8. The minimum Gasteiger partial charge on any atom is -0.480 e. The summed E-state index contributed by atoms with van der Waals surface area (Å²) in [6.45, 7) is 3.88. The van der Waals surface area contributed by atoms with E-state index in [0.717, 1.165) is 51.4 Å². The molecule has 0 amide bonds. The molecular weight excluding hydrogens is 669 g/mol. The Hall–Kier alpha value is -1.29. The third-order valence-electron chi connectivity index (χ3n) is 9.04. The van der Waals surface area contributed by atoms with E-state index in [4.69, 9.17) is 29.4 Å². The number of hydrogen-bond acceptors (Lipinski definition) is 8. The van der Waals surface area contributed by atoms with E-state index < -0.39 is 45.1 Å². The number of carbonyl (C=O) groups excluding carboxylic acids is 1. The average Bonchev–Trinajstić information content (AvgIpc) is 3.10. The van der Waals surface area contributed by atoms with Gasteiger partial charge in [-0.2, -0.15) is 0 Å². The summed E-state index contributed by atoms with van der Waals surface area (Å²) in [7, 11) is -4.61. The van der Waals surface area contributed by atoms with Crippen molar-refractivity contribution in [3.8, 4) is 0 Å². The zero-order valence-electron chi connectivity index (χ0n) is 32.7. The second-order valence-corrected chi connectivity index (χ2v) is 15.6. The van der Waals surface area contributed by atoms with Crippen LogP contribution in [0.2, 0.25) is 0 Å². The summed E-state index contributed by atoms with van der Waals surface area (Å²) in [4.78, 5) is 33.4. The number of phosphoric acid groups is 1. The van der Waals surface area contributed by atoms with Gasteiger partial charge in [0, 0.05) is 13.0 Å². The predicted molar refractivity (Wildman–Crippen MR) is 208 cm³/mol. The van der Waals surface area contributed by atoms with Crippen LogP contribution < -0.4 is 5.73 Å². The molecule has 0 saturated carbocycles. The van der Waals surface area contributed by atoms with Crippen molar-refractivity contribution >= 4 is 19.8 Å². The lowest BCUT2D eigenvalue weighted by molar-refractivity contribution is -0.154. The maximum absolute atomic E-state index is 12.6. The van der Waals surface area contributed by atoms with Gasteiger partial charge in [0.05, 0.1) is 19.8 Å². The second kappa shape index (κ2) is 37.0. The molecule has 0 aromatic heterocycles. The van der Waals surface area contributed by atoms with Crippen molar-refractivity contribution in [3.63, 3.8) is 0 Å². The van der Waals surface area contributed by atoms with Crippen molar-refractivity contribution in [2.75, 3.05) is 26.4 Å². The van der Waals surface area contributed by atoms with Crippen molar-refractivity contribution < 1.29 is 42.7 Å². The Morgan fingerprint density at radius 3 is 1.49 bits per heavy atom. The summed E-state index contributed by atoms with van der Waals surface area (Å²) in [5.41, 5.74) is 5.34. The van der Waals surface area contributed by atoms with E-state index >= 15 is 0 Å². The predicted octanol–water partition coefficient (Wildman–Crippen LogP) is 11.0. The first kappa shape index (κ1) is 49.7. The standard InChI is InChI=1S/C40H78NO9P/c1-3-5-7-9-11-13-15-17-19-21-23-25-27-29-31-33-47-34-37(35-48-51(45,46)49-36-38(41)40(43)44)50-39(42)32-30-28-26-24-22-20-18-16-14-12-10-8-6-4-2/h16,18,37-38H,3-15,17,19-36,41H2,1-2H3,(H,43,44)(H,45,46)/b18-16-. The highest BCUT2D eigenvalue weighted by molar-refractivity contribution is 7.47. The zero-order chi connectivity index (χ0) is 37.7. The average molecular weight is 748 g/mol. The molecule has 0 saturated heterocycles. The van der Waals surface area contributed by atoms with Gasteiger partial charge >= 0.3 is 19.8 Å². The first-order valence-electron chi connectivity index (χ1n) is 20.7. The van der Waals surface area contributed by atoms with E-state index in [1.807, 2.05) is 0 Å². The number of phosphoric ester groups is 1. The molecule has 0 aliphatic rings. The number of hydrogen-bond donors (Lipinski definition) is 3. The summed E-state index contributed by atoms with van der Waals surface area (Å²) in [6, 6.07) is -1.47. The fourth-order valence-corrected chi connectivity index (χ4v) is 6.55. The Labute approximate surface area is 312 Å². The van der Waals surface area contributed by atoms with Crippen LogP contribution >= 0.6 is 7.82 Å². The third-order valence-corrected chi connectivity index (χ3v) is 10.00. The van der Waals surface area contributed by atoms with E-state index in [0.29, 0.717) is 13.0 Å². The molecule has 0 rings (SSSR count). The van der Waals surface area contributed by atoms with Gasteiger partial charge < -0.3 is 25.2 Å². The van der Waals surface area contributed by atoms with Gasteiger partial charge in [-0.15, -0.1) is 0 Å². The summed E-state index contributed by atoms with van der Waals surface area (Å²) in [6.07, 6.45) is 36.8. The van der Waals surface area contributed by atoms with Crippen LogP contribution in [0.15, 0.2) is 12.2 Å². The number of allylic oxidation sites excluding steroid dienone is 2. The topological polar surface area (TPSA) is 155 Å². The van der Waals surface area contributed by atoms with Gasteiger partial charge in [-0.05, 0) is 38.5 Å². The highest BCUT2D eigenvalue weighted by Crippen LogP contribution is 2.43. The van der Waals surface area contributed by atoms with Crippen LogP contribution in [-0.2, 0) is 32.7 Å². The number of ether oxygens (including phenoxy) is 2. The smallest absolute Gasteiger partial charge is 0.472 e. The molecule has 302 valence electrons. The van der Waals surface area contributed by atoms with Gasteiger partial charge in [0.2, 0.25) is 0 Å². The molecule has 0 heterocycles. The molecule has 51 heavy (non-hydrogen) atoms. The van der Waals surface area contributed by atoms with Crippen LogP contribution in [-0.4, -0.2) is 60.5 Å². The monoisotopic (exact) mass is 748 g/mol. The Balaban J connectivity index is 4.25. The number of carbonyl (C=O) groups is 2. The lowest BCUT2D eigenvalue weighted by Crippen LogP contribution is -2.34. The minimum absolute atomic E-state index is 0.0191. The van der Waals surface area contributed by atoms with Gasteiger partial charge in [0.1, 0.15) is 12.1 Å². The molecule has 0 aromatic rings. The summed E-state index contributed by atoms with van der Waals surface area (Å²) < 4.78 is 33.3. The number of esters is 1. The molecule has 0 fully saturated rings. The van der Waals surface area contributed by atoms with Crippen molar-refractivity contribution in [2.45, 2.75) is 206 Å². The van der Waals surface area contributed by atoms with Gasteiger partial charge in [-0.3, -0.25) is 18.6 Å². The van der Waals surface area contributed by atoms with Gasteiger partial charge in [0.15, 0.2) is 0 Å². The van der Waals surface area contributed by atoms with E-state index in [-0.39, 0.29) is 13.0 Å². The minimum atomic E-state index is -4.61. The molecule has 11 heteroatoms. The van der Waals surface area contributed by atoms with Crippen LogP contribution in [0.1, 0.15) is 194 Å². The van der Waals surface area contributed by atoms with Crippen molar-refractivity contribution in [1.82, 2.24) is 0 Å². The van der Waals surface area contributed by atoms with Gasteiger partial charge in [0.25, 0.3) is 0 Å². The number of nitrogens with two attached hydrogens (primary N) is 1. The number of rotatable bonds is 40. The SMILES string of the molecule is CCCCCCC/C=C\CCCCCCCC(=O)OC(COCCCCCCCCCCCCCCCCC)COP(=O)(O)OCC(N)C(=O)O. The van der Waals surface area contributed by atoms with Crippen LogP contribution in [0.25, 0.3) is 0 Å². The van der Waals surface area contributed by atoms with Gasteiger partial charge in [-0.25, -0.2) is 4.57 Å². The molecule has 10 nitrogen and oxygen atoms in total. The molecule has 0 aliphatic heterocycles. The Bertz CT molecular complexity index is 873. The molecule has 0 radical (unpaired) electrons. The summed E-state index contributed by atoms with van der Waals surface area (Å²) in [5, 5.41) is 8.88. The Kier molecular flexibility index (Phi) is 36.1. The van der Waals surface area contributed by atoms with Crippen molar-refractivity contribution in [1.29, 1.82) is 0 Å². The summed E-state index contributed by atoms with van der Waals surface area (Å²) in [5.74, 6) is -1.78. The van der Waals surface area contributed by atoms with Crippen LogP contribution in [0, 0.1) is 0 Å². The van der Waals surface area contributed by atoms with E-state index in [1.165, 1.54) is 116 Å². The van der Waals surface area contributed by atoms with Crippen molar-refractivity contribution in [3.05, 3.63) is 12.2 Å². The molecular formula is C40H78NO9P. The fraction of sp³-hybridized carbons (Fsp3) is 0.900. The highest BCUT2D eigenvalue weighted by atomic mass is 31.2. The van der Waals surface area contributed by atoms with Crippen LogP contribution in [0.3, 0.4) is 0 Å². The molecule has 0 bridgehead atoms. The first-order valence-corrected chi connectivity index (χ1v) is 22.2. The number of carboxylic acid groups (broad SMARTS) is 1. The van der Waals surface area contributed by atoms with E-state index in [9.17, 15) is 19.0 Å².